The van der Waals surface area contributed by atoms with Gasteiger partial charge in [-0.1, -0.05) is 12.1 Å². The van der Waals surface area contributed by atoms with Gasteiger partial charge in [0.15, 0.2) is 6.61 Å². The molecule has 0 fully saturated rings. The molecule has 0 saturated heterocycles. The molecule has 0 aliphatic carbocycles. The lowest BCUT2D eigenvalue weighted by atomic mass is 10.1. The molecule has 0 unspecified atom stereocenters. The number of aromatic carboxylic acids is 1. The third-order valence-corrected chi connectivity index (χ3v) is 2.45. The van der Waals surface area contributed by atoms with E-state index in [-0.39, 0.29) is 17.9 Å². The minimum atomic E-state index is -1.09. The molecule has 0 spiro atoms. The van der Waals surface area contributed by atoms with Crippen molar-refractivity contribution < 1.29 is 24.2 Å². The summed E-state index contributed by atoms with van der Waals surface area (Å²) in [6, 6.07) is 3.68. The second-order valence-corrected chi connectivity index (χ2v) is 4.12. The molecule has 3 N–H and O–H groups in total. The van der Waals surface area contributed by atoms with Crippen molar-refractivity contribution in [1.82, 2.24) is 10.6 Å². The van der Waals surface area contributed by atoms with Gasteiger partial charge in [0.1, 0.15) is 5.75 Å². The van der Waals surface area contributed by atoms with Crippen LogP contribution in [0.3, 0.4) is 0 Å². The molecule has 21 heavy (non-hydrogen) atoms. The monoisotopic (exact) mass is 292 g/mol. The van der Waals surface area contributed by atoms with Crippen molar-refractivity contribution in [1.29, 1.82) is 0 Å². The molecule has 0 bridgehead atoms. The van der Waals surface area contributed by atoms with Crippen LogP contribution in [0.5, 0.6) is 5.75 Å². The SMILES string of the molecule is C=CCNC(=O)NC(=O)COc1cc(C(=O)O)ccc1C. The maximum absolute atomic E-state index is 11.5. The second-order valence-electron chi connectivity index (χ2n) is 4.12. The minimum absolute atomic E-state index is 0.0553. The average molecular weight is 292 g/mol. The zero-order valence-corrected chi connectivity index (χ0v) is 11.5. The van der Waals surface area contributed by atoms with E-state index >= 15 is 0 Å². The number of carbonyl (C=O) groups excluding carboxylic acids is 2. The van der Waals surface area contributed by atoms with E-state index in [1.165, 1.54) is 18.2 Å². The Hall–Kier alpha value is -2.83. The molecule has 0 heterocycles. The van der Waals surface area contributed by atoms with E-state index in [0.29, 0.717) is 5.56 Å². The maximum Gasteiger partial charge on any atom is 0.335 e. The van der Waals surface area contributed by atoms with Crippen molar-refractivity contribution in [2.24, 2.45) is 0 Å². The Balaban J connectivity index is 2.56. The highest BCUT2D eigenvalue weighted by Gasteiger charge is 2.10. The summed E-state index contributed by atoms with van der Waals surface area (Å²) < 4.78 is 5.22. The fourth-order valence-electron chi connectivity index (χ4n) is 1.40. The number of hydrogen-bond donors (Lipinski definition) is 3. The Morgan fingerprint density at radius 3 is 2.71 bits per heavy atom. The van der Waals surface area contributed by atoms with Crippen LogP contribution in [-0.4, -0.2) is 36.2 Å². The summed E-state index contributed by atoms with van der Waals surface area (Å²) in [5, 5.41) is 13.3. The Kier molecular flexibility index (Phi) is 5.94. The molecule has 7 nitrogen and oxygen atoms in total. The van der Waals surface area contributed by atoms with E-state index in [9.17, 15) is 14.4 Å². The number of rotatable bonds is 6. The molecule has 0 aromatic heterocycles. The van der Waals surface area contributed by atoms with Gasteiger partial charge in [-0.15, -0.1) is 6.58 Å². The molecule has 1 aromatic carbocycles. The number of carbonyl (C=O) groups is 3. The second kappa shape index (κ2) is 7.68. The summed E-state index contributed by atoms with van der Waals surface area (Å²) in [6.45, 7) is 4.98. The topological polar surface area (TPSA) is 105 Å². The Morgan fingerprint density at radius 1 is 1.38 bits per heavy atom. The Labute approximate surface area is 121 Å². The number of hydrogen-bond acceptors (Lipinski definition) is 4. The van der Waals surface area contributed by atoms with Crippen LogP contribution in [0.2, 0.25) is 0 Å². The van der Waals surface area contributed by atoms with Gasteiger partial charge in [-0.25, -0.2) is 9.59 Å². The van der Waals surface area contributed by atoms with E-state index in [0.717, 1.165) is 0 Å². The van der Waals surface area contributed by atoms with Gasteiger partial charge in [0, 0.05) is 6.54 Å². The standard InChI is InChI=1S/C14H16N2O5/c1-3-6-15-14(20)16-12(17)8-21-11-7-10(13(18)19)5-4-9(11)2/h3-5,7H,1,6,8H2,2H3,(H,18,19)(H2,15,16,17,20). The summed E-state index contributed by atoms with van der Waals surface area (Å²) in [5.41, 5.74) is 0.739. The molecular weight excluding hydrogens is 276 g/mol. The minimum Gasteiger partial charge on any atom is -0.483 e. The van der Waals surface area contributed by atoms with Crippen LogP contribution >= 0.6 is 0 Å². The van der Waals surface area contributed by atoms with Gasteiger partial charge in [0.2, 0.25) is 0 Å². The number of nitrogens with one attached hydrogen (secondary N) is 2. The van der Waals surface area contributed by atoms with Gasteiger partial charge >= 0.3 is 12.0 Å². The van der Waals surface area contributed by atoms with Gasteiger partial charge in [0.25, 0.3) is 5.91 Å². The number of aryl methyl sites for hydroxylation is 1. The predicted octanol–water partition coefficient (Wildman–Crippen LogP) is 1.08. The normalized spacial score (nSPS) is 9.57. The lowest BCUT2D eigenvalue weighted by Gasteiger charge is -2.10. The van der Waals surface area contributed by atoms with Crippen LogP contribution in [0.4, 0.5) is 4.79 Å². The summed E-state index contributed by atoms with van der Waals surface area (Å²) in [5.74, 6) is -1.46. The fraction of sp³-hybridized carbons (Fsp3) is 0.214. The molecule has 112 valence electrons. The van der Waals surface area contributed by atoms with Crippen molar-refractivity contribution in [3.8, 4) is 5.75 Å². The fourth-order valence-corrected chi connectivity index (χ4v) is 1.40. The predicted molar refractivity (Wildman–Crippen MR) is 75.4 cm³/mol. The summed E-state index contributed by atoms with van der Waals surface area (Å²) in [7, 11) is 0. The highest BCUT2D eigenvalue weighted by Crippen LogP contribution is 2.19. The molecule has 0 saturated carbocycles. The number of benzene rings is 1. The smallest absolute Gasteiger partial charge is 0.335 e. The van der Waals surface area contributed by atoms with E-state index < -0.39 is 24.5 Å². The first-order valence-electron chi connectivity index (χ1n) is 6.09. The largest absolute Gasteiger partial charge is 0.483 e. The molecule has 0 atom stereocenters. The van der Waals surface area contributed by atoms with Crippen LogP contribution in [0.1, 0.15) is 15.9 Å². The van der Waals surface area contributed by atoms with Crippen molar-refractivity contribution in [2.75, 3.05) is 13.2 Å². The molecule has 1 aromatic rings. The molecule has 1 rings (SSSR count). The van der Waals surface area contributed by atoms with E-state index in [2.05, 4.69) is 17.2 Å². The number of amides is 3. The van der Waals surface area contributed by atoms with E-state index in [4.69, 9.17) is 9.84 Å². The highest BCUT2D eigenvalue weighted by molar-refractivity contribution is 5.95. The summed E-state index contributed by atoms with van der Waals surface area (Å²) >= 11 is 0. The maximum atomic E-state index is 11.5. The van der Waals surface area contributed by atoms with Crippen molar-refractivity contribution in [3.63, 3.8) is 0 Å². The number of ether oxygens (including phenoxy) is 1. The Morgan fingerprint density at radius 2 is 2.10 bits per heavy atom. The van der Waals surface area contributed by atoms with E-state index in [1.807, 2.05) is 0 Å². The van der Waals surface area contributed by atoms with Crippen molar-refractivity contribution in [2.45, 2.75) is 6.92 Å². The number of urea groups is 1. The van der Waals surface area contributed by atoms with Gasteiger partial charge in [0.05, 0.1) is 5.56 Å². The number of imide groups is 1. The van der Waals surface area contributed by atoms with Crippen LogP contribution < -0.4 is 15.4 Å². The highest BCUT2D eigenvalue weighted by atomic mass is 16.5. The lowest BCUT2D eigenvalue weighted by Crippen LogP contribution is -2.41. The first-order valence-corrected chi connectivity index (χ1v) is 6.09. The van der Waals surface area contributed by atoms with E-state index in [1.54, 1.807) is 13.0 Å². The zero-order chi connectivity index (χ0) is 15.8. The molecule has 0 aliphatic rings. The molecule has 0 aliphatic heterocycles. The average Bonchev–Trinajstić information content (AvgIpc) is 2.43. The molecule has 7 heteroatoms. The quantitative estimate of drug-likeness (QED) is 0.681. The summed E-state index contributed by atoms with van der Waals surface area (Å²) in [6.07, 6.45) is 1.47. The lowest BCUT2D eigenvalue weighted by molar-refractivity contribution is -0.122. The van der Waals surface area contributed by atoms with Crippen molar-refractivity contribution in [3.05, 3.63) is 42.0 Å². The van der Waals surface area contributed by atoms with Gasteiger partial charge in [-0.05, 0) is 24.6 Å². The Bertz CT molecular complexity index is 568. The van der Waals surface area contributed by atoms with Gasteiger partial charge in [-0.2, -0.15) is 0 Å². The molecule has 3 amide bonds. The van der Waals surface area contributed by atoms with Crippen LogP contribution in [-0.2, 0) is 4.79 Å². The van der Waals surface area contributed by atoms with Crippen LogP contribution in [0, 0.1) is 6.92 Å². The van der Waals surface area contributed by atoms with Crippen LogP contribution in [0.15, 0.2) is 30.9 Å². The van der Waals surface area contributed by atoms with Gasteiger partial charge in [-0.3, -0.25) is 10.1 Å². The first-order chi connectivity index (χ1) is 9.93. The zero-order valence-electron chi connectivity index (χ0n) is 11.5. The van der Waals surface area contributed by atoms with Crippen LogP contribution in [0.25, 0.3) is 0 Å². The van der Waals surface area contributed by atoms with Crippen molar-refractivity contribution >= 4 is 17.9 Å². The molecular formula is C14H16N2O5. The first kappa shape index (κ1) is 16.2. The third-order valence-electron chi connectivity index (χ3n) is 2.45. The third kappa shape index (κ3) is 5.35. The molecule has 0 radical (unpaired) electrons. The summed E-state index contributed by atoms with van der Waals surface area (Å²) in [4.78, 5) is 33.5. The number of carboxylic acid groups (broad SMARTS) is 1. The van der Waals surface area contributed by atoms with Gasteiger partial charge < -0.3 is 15.2 Å². The number of carboxylic acids is 1.